The highest BCUT2D eigenvalue weighted by Gasteiger charge is 2.31. The molecule has 1 aliphatic carbocycles. The molecule has 0 radical (unpaired) electrons. The molecule has 0 atom stereocenters. The van der Waals surface area contributed by atoms with Gasteiger partial charge in [0.15, 0.2) is 0 Å². The highest BCUT2D eigenvalue weighted by molar-refractivity contribution is 5.56. The molecule has 5 rings (SSSR count). The summed E-state index contributed by atoms with van der Waals surface area (Å²) >= 11 is 0. The lowest BCUT2D eigenvalue weighted by atomic mass is 9.98. The van der Waals surface area contributed by atoms with Gasteiger partial charge in [-0.05, 0) is 43.9 Å². The summed E-state index contributed by atoms with van der Waals surface area (Å²) in [6.07, 6.45) is 11.0. The van der Waals surface area contributed by atoms with Gasteiger partial charge in [0.05, 0.1) is 12.2 Å². The lowest BCUT2D eigenvalue weighted by Crippen LogP contribution is -2.50. The van der Waals surface area contributed by atoms with Crippen LogP contribution in [0.5, 0.6) is 0 Å². The summed E-state index contributed by atoms with van der Waals surface area (Å²) in [5, 5.41) is 4.56. The zero-order chi connectivity index (χ0) is 19.6. The minimum atomic E-state index is -0.0630. The van der Waals surface area contributed by atoms with E-state index in [9.17, 15) is 4.79 Å². The zero-order valence-corrected chi connectivity index (χ0v) is 16.4. The molecule has 7 nitrogen and oxygen atoms in total. The highest BCUT2D eigenvalue weighted by atomic mass is 16.1. The first kappa shape index (κ1) is 18.0. The molecule has 0 spiro atoms. The predicted octanol–water partition coefficient (Wildman–Crippen LogP) is 2.50. The summed E-state index contributed by atoms with van der Waals surface area (Å²) in [7, 11) is 0. The van der Waals surface area contributed by atoms with Crippen molar-refractivity contribution in [1.29, 1.82) is 0 Å². The van der Waals surface area contributed by atoms with Crippen molar-refractivity contribution in [3.05, 3.63) is 64.6 Å². The highest BCUT2D eigenvalue weighted by Crippen LogP contribution is 2.31. The summed E-state index contributed by atoms with van der Waals surface area (Å²) < 4.78 is 1.59. The van der Waals surface area contributed by atoms with Crippen LogP contribution in [-0.2, 0) is 19.4 Å². The van der Waals surface area contributed by atoms with Crippen LogP contribution in [0.15, 0.2) is 47.8 Å². The van der Waals surface area contributed by atoms with Crippen LogP contribution < -0.4 is 10.5 Å². The van der Waals surface area contributed by atoms with Gasteiger partial charge in [-0.15, -0.1) is 0 Å². The van der Waals surface area contributed by atoms with Gasteiger partial charge in [0.25, 0.3) is 5.56 Å². The van der Waals surface area contributed by atoms with Crippen LogP contribution in [0.3, 0.4) is 0 Å². The first-order valence-electron chi connectivity index (χ1n) is 10.3. The Hall–Kier alpha value is -3.09. The minimum Gasteiger partial charge on any atom is -0.355 e. The second-order valence-corrected chi connectivity index (χ2v) is 7.93. The average molecular weight is 388 g/mol. The van der Waals surface area contributed by atoms with E-state index in [4.69, 9.17) is 0 Å². The number of aromatic nitrogens is 5. The Labute approximate surface area is 169 Å². The van der Waals surface area contributed by atoms with Crippen molar-refractivity contribution in [3.63, 3.8) is 0 Å². The molecule has 1 saturated heterocycles. The molecule has 1 fully saturated rings. The number of aryl methyl sites for hydroxylation is 1. The number of rotatable bonds is 4. The number of hydrogen-bond donors (Lipinski definition) is 0. The van der Waals surface area contributed by atoms with E-state index < -0.39 is 0 Å². The van der Waals surface area contributed by atoms with E-state index in [-0.39, 0.29) is 5.56 Å². The third-order valence-electron chi connectivity index (χ3n) is 5.86. The molecular weight excluding hydrogens is 364 g/mol. The Morgan fingerprint density at radius 2 is 1.93 bits per heavy atom. The van der Waals surface area contributed by atoms with Gasteiger partial charge in [0.2, 0.25) is 0 Å². The maximum absolute atomic E-state index is 12.3. The number of hydrogen-bond acceptors (Lipinski definition) is 6. The SMILES string of the molecule is O=c1ccc(-c2cccnc2)nn1CC1CN(c2ncnc3c2CCCCC3)C1. The van der Waals surface area contributed by atoms with E-state index >= 15 is 0 Å². The Kier molecular flexibility index (Phi) is 4.79. The molecule has 148 valence electrons. The lowest BCUT2D eigenvalue weighted by Gasteiger charge is -2.41. The molecule has 1 aliphatic heterocycles. The predicted molar refractivity (Wildman–Crippen MR) is 111 cm³/mol. The maximum Gasteiger partial charge on any atom is 0.266 e. The first-order valence-corrected chi connectivity index (χ1v) is 10.3. The van der Waals surface area contributed by atoms with E-state index in [1.807, 2.05) is 12.1 Å². The van der Waals surface area contributed by atoms with E-state index in [1.165, 1.54) is 30.5 Å². The van der Waals surface area contributed by atoms with Crippen LogP contribution in [0.1, 0.15) is 30.5 Å². The Morgan fingerprint density at radius 3 is 2.79 bits per heavy atom. The molecule has 4 heterocycles. The second-order valence-electron chi connectivity index (χ2n) is 7.93. The lowest BCUT2D eigenvalue weighted by molar-refractivity contribution is 0.332. The fourth-order valence-corrected chi connectivity index (χ4v) is 4.30. The van der Waals surface area contributed by atoms with Crippen LogP contribution in [0.2, 0.25) is 0 Å². The number of anilines is 1. The Morgan fingerprint density at radius 1 is 1.03 bits per heavy atom. The fourth-order valence-electron chi connectivity index (χ4n) is 4.30. The molecule has 0 bridgehead atoms. The molecule has 0 aromatic carbocycles. The molecule has 0 amide bonds. The Balaban J connectivity index is 1.30. The molecular formula is C22H24N6O. The van der Waals surface area contributed by atoms with Gasteiger partial charge in [-0.3, -0.25) is 9.78 Å². The topological polar surface area (TPSA) is 76.8 Å². The van der Waals surface area contributed by atoms with Crippen molar-refractivity contribution in [1.82, 2.24) is 24.7 Å². The van der Waals surface area contributed by atoms with E-state index in [0.29, 0.717) is 12.5 Å². The largest absolute Gasteiger partial charge is 0.355 e. The summed E-state index contributed by atoms with van der Waals surface area (Å²) in [5.74, 6) is 1.48. The van der Waals surface area contributed by atoms with Crippen molar-refractivity contribution < 1.29 is 0 Å². The quantitative estimate of drug-likeness (QED) is 0.639. The first-order chi connectivity index (χ1) is 14.3. The summed E-state index contributed by atoms with van der Waals surface area (Å²) in [6, 6.07) is 7.19. The van der Waals surface area contributed by atoms with Gasteiger partial charge < -0.3 is 4.90 Å². The maximum atomic E-state index is 12.3. The summed E-state index contributed by atoms with van der Waals surface area (Å²) in [4.78, 5) is 27.9. The summed E-state index contributed by atoms with van der Waals surface area (Å²) in [5.41, 5.74) is 4.18. The number of nitrogens with zero attached hydrogens (tertiary/aromatic N) is 6. The van der Waals surface area contributed by atoms with Crippen LogP contribution in [0, 0.1) is 5.92 Å². The minimum absolute atomic E-state index is 0.0630. The smallest absolute Gasteiger partial charge is 0.266 e. The van der Waals surface area contributed by atoms with E-state index in [0.717, 1.165) is 43.0 Å². The van der Waals surface area contributed by atoms with Crippen molar-refractivity contribution in [3.8, 4) is 11.3 Å². The van der Waals surface area contributed by atoms with Crippen molar-refractivity contribution in [2.45, 2.75) is 38.6 Å². The zero-order valence-electron chi connectivity index (χ0n) is 16.4. The monoisotopic (exact) mass is 388 g/mol. The van der Waals surface area contributed by atoms with Gasteiger partial charge in [-0.1, -0.05) is 6.42 Å². The van der Waals surface area contributed by atoms with Gasteiger partial charge in [0.1, 0.15) is 12.1 Å². The number of pyridine rings is 1. The van der Waals surface area contributed by atoms with Crippen molar-refractivity contribution >= 4 is 5.82 Å². The molecule has 0 unspecified atom stereocenters. The van der Waals surface area contributed by atoms with Gasteiger partial charge in [0, 0.05) is 54.3 Å². The van der Waals surface area contributed by atoms with Crippen molar-refractivity contribution in [2.24, 2.45) is 5.92 Å². The second kappa shape index (κ2) is 7.73. The summed E-state index contributed by atoms with van der Waals surface area (Å²) in [6.45, 7) is 2.42. The van der Waals surface area contributed by atoms with Crippen LogP contribution in [0.4, 0.5) is 5.82 Å². The van der Waals surface area contributed by atoms with Gasteiger partial charge >= 0.3 is 0 Å². The average Bonchev–Trinajstić information content (AvgIpc) is 2.98. The van der Waals surface area contributed by atoms with Crippen LogP contribution in [0.25, 0.3) is 11.3 Å². The molecule has 3 aromatic rings. The molecule has 0 saturated carbocycles. The molecule has 7 heteroatoms. The molecule has 2 aliphatic rings. The van der Waals surface area contributed by atoms with Crippen molar-refractivity contribution in [2.75, 3.05) is 18.0 Å². The van der Waals surface area contributed by atoms with Crippen LogP contribution >= 0.6 is 0 Å². The fraction of sp³-hybridized carbons (Fsp3) is 0.409. The third kappa shape index (κ3) is 3.64. The molecule has 0 N–H and O–H groups in total. The standard InChI is InChI=1S/C22H24N6O/c29-21-9-8-19(17-5-4-10-23-11-17)26-28(21)14-16-12-27(13-16)22-18-6-2-1-3-7-20(18)24-15-25-22/h4-5,8-11,15-16H,1-3,6-7,12-14H2. The van der Waals surface area contributed by atoms with Gasteiger partial charge in [-0.25, -0.2) is 14.6 Å². The normalized spacial score (nSPS) is 16.8. The van der Waals surface area contributed by atoms with E-state index in [2.05, 4.69) is 25.0 Å². The third-order valence-corrected chi connectivity index (χ3v) is 5.86. The molecule has 3 aromatic heterocycles. The van der Waals surface area contributed by atoms with E-state index in [1.54, 1.807) is 35.5 Å². The van der Waals surface area contributed by atoms with Crippen LogP contribution in [-0.4, -0.2) is 37.8 Å². The number of fused-ring (bicyclic) bond motifs is 1. The molecule has 29 heavy (non-hydrogen) atoms. The van der Waals surface area contributed by atoms with Gasteiger partial charge in [-0.2, -0.15) is 5.10 Å². The Bertz CT molecular complexity index is 1060.